The summed E-state index contributed by atoms with van der Waals surface area (Å²) in [5.74, 6) is -0.103. The van der Waals surface area contributed by atoms with Crippen molar-refractivity contribution in [1.82, 2.24) is 20.4 Å². The van der Waals surface area contributed by atoms with E-state index in [0.717, 1.165) is 23.2 Å². The Kier molecular flexibility index (Phi) is 4.74. The van der Waals surface area contributed by atoms with Crippen molar-refractivity contribution in [1.29, 1.82) is 0 Å². The minimum atomic E-state index is -0.226. The molecule has 1 aliphatic rings. The van der Waals surface area contributed by atoms with E-state index in [1.807, 2.05) is 30.3 Å². The number of hydrogen-bond donors (Lipinski definition) is 2. The van der Waals surface area contributed by atoms with E-state index in [-0.39, 0.29) is 11.8 Å². The van der Waals surface area contributed by atoms with Crippen LogP contribution >= 0.6 is 0 Å². The maximum atomic E-state index is 12.6. The Hall–Kier alpha value is -3.35. The Morgan fingerprint density at radius 3 is 2.81 bits per heavy atom. The predicted molar refractivity (Wildman–Crippen MR) is 98.2 cm³/mol. The van der Waals surface area contributed by atoms with Gasteiger partial charge in [0.05, 0.1) is 12.8 Å². The quantitative estimate of drug-likeness (QED) is 0.726. The third-order valence-corrected chi connectivity index (χ3v) is 4.71. The molecule has 0 aliphatic carbocycles. The number of rotatable bonds is 5. The number of carbonyl (C=O) groups excluding carboxylic acids is 2. The van der Waals surface area contributed by atoms with Gasteiger partial charge < -0.3 is 14.6 Å². The number of amides is 2. The number of aromatic amines is 1. The molecule has 0 saturated carbocycles. The lowest BCUT2D eigenvalue weighted by Crippen LogP contribution is -2.36. The van der Waals surface area contributed by atoms with Crippen LogP contribution in [0.1, 0.15) is 37.9 Å². The molecule has 2 amide bonds. The van der Waals surface area contributed by atoms with Crippen LogP contribution in [0.25, 0.3) is 0 Å². The lowest BCUT2D eigenvalue weighted by Gasteiger charge is -2.26. The number of benzene rings is 1. The van der Waals surface area contributed by atoms with Crippen molar-refractivity contribution in [3.63, 3.8) is 0 Å². The molecule has 3 aromatic rings. The highest BCUT2D eigenvalue weighted by atomic mass is 16.3. The Bertz CT molecular complexity index is 932. The molecule has 1 aliphatic heterocycles. The van der Waals surface area contributed by atoms with Crippen LogP contribution < -0.4 is 5.32 Å². The lowest BCUT2D eigenvalue weighted by molar-refractivity contribution is 0.0699. The van der Waals surface area contributed by atoms with Crippen LogP contribution in [-0.2, 0) is 19.4 Å². The molecule has 0 unspecified atom stereocenters. The van der Waals surface area contributed by atoms with E-state index in [1.54, 1.807) is 17.0 Å². The molecular weight excluding hydrogens is 344 g/mol. The molecule has 7 heteroatoms. The average molecular weight is 364 g/mol. The van der Waals surface area contributed by atoms with E-state index < -0.39 is 0 Å². The summed E-state index contributed by atoms with van der Waals surface area (Å²) in [4.78, 5) is 26.7. The number of nitrogens with one attached hydrogen (secondary N) is 2. The minimum absolute atomic E-state index is 0.178. The van der Waals surface area contributed by atoms with E-state index in [4.69, 9.17) is 4.42 Å². The maximum Gasteiger partial charge on any atom is 0.289 e. The number of aromatic nitrogens is 2. The monoisotopic (exact) mass is 364 g/mol. The average Bonchev–Trinajstić information content (AvgIpc) is 3.37. The van der Waals surface area contributed by atoms with Gasteiger partial charge in [0, 0.05) is 30.8 Å². The molecule has 0 atom stereocenters. The highest BCUT2D eigenvalue weighted by Gasteiger charge is 2.29. The first kappa shape index (κ1) is 17.1. The summed E-state index contributed by atoms with van der Waals surface area (Å²) in [5.41, 5.74) is 3.21. The summed E-state index contributed by atoms with van der Waals surface area (Å²) >= 11 is 0. The Morgan fingerprint density at radius 1 is 1.19 bits per heavy atom. The third-order valence-electron chi connectivity index (χ3n) is 4.71. The second kappa shape index (κ2) is 7.49. The van der Waals surface area contributed by atoms with Crippen molar-refractivity contribution < 1.29 is 14.0 Å². The normalized spacial score (nSPS) is 13.3. The third kappa shape index (κ3) is 3.62. The summed E-state index contributed by atoms with van der Waals surface area (Å²) in [7, 11) is 0. The largest absolute Gasteiger partial charge is 0.459 e. The number of carbonyl (C=O) groups is 2. The first-order valence-electron chi connectivity index (χ1n) is 8.93. The van der Waals surface area contributed by atoms with Crippen molar-refractivity contribution in [2.75, 3.05) is 13.1 Å². The van der Waals surface area contributed by atoms with E-state index in [2.05, 4.69) is 15.5 Å². The molecule has 27 heavy (non-hydrogen) atoms. The van der Waals surface area contributed by atoms with Crippen molar-refractivity contribution in [3.8, 4) is 0 Å². The summed E-state index contributed by atoms with van der Waals surface area (Å²) in [5, 5.41) is 10.0. The van der Waals surface area contributed by atoms with Crippen molar-refractivity contribution in [2.24, 2.45) is 0 Å². The van der Waals surface area contributed by atoms with Gasteiger partial charge in [0.15, 0.2) is 11.5 Å². The Morgan fingerprint density at radius 2 is 2.04 bits per heavy atom. The SMILES string of the molecule is O=C(NCCc1ccccc1)c1n[nH]c2c1CN(C(=O)c1ccco1)CC2. The van der Waals surface area contributed by atoms with Crippen LogP contribution in [-0.4, -0.2) is 40.0 Å². The highest BCUT2D eigenvalue weighted by molar-refractivity contribution is 5.95. The zero-order chi connectivity index (χ0) is 18.6. The van der Waals surface area contributed by atoms with Crippen molar-refractivity contribution in [2.45, 2.75) is 19.4 Å². The molecule has 0 spiro atoms. The van der Waals surface area contributed by atoms with Gasteiger partial charge in [-0.15, -0.1) is 0 Å². The summed E-state index contributed by atoms with van der Waals surface area (Å²) in [6, 6.07) is 13.3. The number of furan rings is 1. The van der Waals surface area contributed by atoms with E-state index in [9.17, 15) is 9.59 Å². The van der Waals surface area contributed by atoms with E-state index in [1.165, 1.54) is 6.26 Å². The van der Waals surface area contributed by atoms with Gasteiger partial charge in [0.1, 0.15) is 0 Å². The zero-order valence-corrected chi connectivity index (χ0v) is 14.8. The van der Waals surface area contributed by atoms with Crippen LogP contribution in [0.15, 0.2) is 53.1 Å². The van der Waals surface area contributed by atoms with Gasteiger partial charge in [0.25, 0.3) is 11.8 Å². The fraction of sp³-hybridized carbons (Fsp3) is 0.250. The zero-order valence-electron chi connectivity index (χ0n) is 14.8. The van der Waals surface area contributed by atoms with Crippen LogP contribution in [0.5, 0.6) is 0 Å². The van der Waals surface area contributed by atoms with Gasteiger partial charge in [-0.1, -0.05) is 30.3 Å². The fourth-order valence-electron chi connectivity index (χ4n) is 3.26. The molecule has 2 N–H and O–H groups in total. The Labute approximate surface area is 156 Å². The lowest BCUT2D eigenvalue weighted by atomic mass is 10.0. The standard InChI is InChI=1S/C20H20N4O3/c25-19(21-10-8-14-5-2-1-3-6-14)18-15-13-24(11-9-16(15)22-23-18)20(26)17-7-4-12-27-17/h1-7,12H,8-11,13H2,(H,21,25)(H,22,23). The van der Waals surface area contributed by atoms with Crippen LogP contribution in [0, 0.1) is 0 Å². The first-order valence-corrected chi connectivity index (χ1v) is 8.93. The van der Waals surface area contributed by atoms with Crippen molar-refractivity contribution in [3.05, 3.63) is 77.0 Å². The van der Waals surface area contributed by atoms with Gasteiger partial charge in [-0.05, 0) is 24.1 Å². The van der Waals surface area contributed by atoms with E-state index >= 15 is 0 Å². The van der Waals surface area contributed by atoms with E-state index in [0.29, 0.717) is 37.5 Å². The fourth-order valence-corrected chi connectivity index (χ4v) is 3.26. The smallest absolute Gasteiger partial charge is 0.289 e. The predicted octanol–water partition coefficient (Wildman–Crippen LogP) is 2.17. The van der Waals surface area contributed by atoms with Gasteiger partial charge in [-0.25, -0.2) is 0 Å². The van der Waals surface area contributed by atoms with Gasteiger partial charge >= 0.3 is 0 Å². The van der Waals surface area contributed by atoms with Gasteiger partial charge in [-0.3, -0.25) is 14.7 Å². The number of H-pyrrole nitrogens is 1. The van der Waals surface area contributed by atoms with Crippen LogP contribution in [0.3, 0.4) is 0 Å². The molecule has 7 nitrogen and oxygen atoms in total. The van der Waals surface area contributed by atoms with Crippen LogP contribution in [0.2, 0.25) is 0 Å². The molecular formula is C20H20N4O3. The second-order valence-corrected chi connectivity index (χ2v) is 6.47. The molecule has 3 heterocycles. The van der Waals surface area contributed by atoms with Gasteiger partial charge in [-0.2, -0.15) is 5.10 Å². The molecule has 0 radical (unpaired) electrons. The molecule has 2 aromatic heterocycles. The first-order chi connectivity index (χ1) is 13.2. The molecule has 4 rings (SSSR count). The number of nitrogens with zero attached hydrogens (tertiary/aromatic N) is 2. The maximum absolute atomic E-state index is 12.6. The Balaban J connectivity index is 1.41. The molecule has 0 fully saturated rings. The molecule has 0 bridgehead atoms. The molecule has 0 saturated heterocycles. The van der Waals surface area contributed by atoms with Gasteiger partial charge in [0.2, 0.25) is 0 Å². The number of fused-ring (bicyclic) bond motifs is 1. The second-order valence-electron chi connectivity index (χ2n) is 6.47. The number of hydrogen-bond acceptors (Lipinski definition) is 4. The van der Waals surface area contributed by atoms with Crippen molar-refractivity contribution >= 4 is 11.8 Å². The summed E-state index contributed by atoms with van der Waals surface area (Å²) in [6.45, 7) is 1.43. The molecule has 138 valence electrons. The van der Waals surface area contributed by atoms with Crippen LogP contribution in [0.4, 0.5) is 0 Å². The summed E-state index contributed by atoms with van der Waals surface area (Å²) in [6.07, 6.45) is 2.86. The molecule has 1 aromatic carbocycles. The minimum Gasteiger partial charge on any atom is -0.459 e. The highest BCUT2D eigenvalue weighted by Crippen LogP contribution is 2.22. The summed E-state index contributed by atoms with van der Waals surface area (Å²) < 4.78 is 5.20. The topological polar surface area (TPSA) is 91.2 Å².